The number of rotatable bonds is 6. The molecule has 1 aliphatic heterocycles. The van der Waals surface area contributed by atoms with Gasteiger partial charge in [0.15, 0.2) is 0 Å². The molecule has 1 aromatic heterocycles. The number of likely N-dealkylation sites (N-methyl/N-ethyl adjacent to an activating group) is 1. The van der Waals surface area contributed by atoms with Gasteiger partial charge in [0.1, 0.15) is 17.8 Å². The first kappa shape index (κ1) is 19.1. The molecule has 1 atom stereocenters. The van der Waals surface area contributed by atoms with Crippen LogP contribution in [0, 0.1) is 0 Å². The number of nitrogens with zero attached hydrogens (tertiary/aromatic N) is 4. The number of aromatic nitrogens is 2. The fourth-order valence-electron chi connectivity index (χ4n) is 2.92. The van der Waals surface area contributed by atoms with E-state index in [1.165, 1.54) is 12.0 Å². The van der Waals surface area contributed by atoms with E-state index in [0.717, 1.165) is 38.3 Å². The molecule has 1 fully saturated rings. The smallest absolute Gasteiger partial charge is 0.270 e. The third-order valence-electron chi connectivity index (χ3n) is 4.90. The van der Waals surface area contributed by atoms with Gasteiger partial charge in [-0.2, -0.15) is 0 Å². The van der Waals surface area contributed by atoms with Gasteiger partial charge in [0, 0.05) is 49.7 Å². The van der Waals surface area contributed by atoms with E-state index in [4.69, 9.17) is 0 Å². The maximum Gasteiger partial charge on any atom is 0.270 e. The normalized spacial score (nSPS) is 16.0. The maximum atomic E-state index is 12.2. The number of carbonyl (C=O) groups is 1. The number of hydrogen-bond acceptors (Lipinski definition) is 6. The predicted molar refractivity (Wildman–Crippen MR) is 109 cm³/mol. The van der Waals surface area contributed by atoms with Crippen LogP contribution in [0.2, 0.25) is 0 Å². The van der Waals surface area contributed by atoms with Crippen LogP contribution in [0.25, 0.3) is 0 Å². The number of amides is 1. The van der Waals surface area contributed by atoms with E-state index in [9.17, 15) is 4.79 Å². The van der Waals surface area contributed by atoms with Gasteiger partial charge in [-0.1, -0.05) is 6.92 Å². The summed E-state index contributed by atoms with van der Waals surface area (Å²) >= 11 is 0. The van der Waals surface area contributed by atoms with E-state index in [0.29, 0.717) is 11.5 Å². The lowest BCUT2D eigenvalue weighted by molar-refractivity contribution is 0.0934. The highest BCUT2D eigenvalue weighted by molar-refractivity contribution is 5.93. The molecule has 1 unspecified atom stereocenters. The van der Waals surface area contributed by atoms with Crippen molar-refractivity contribution in [2.45, 2.75) is 26.3 Å². The predicted octanol–water partition coefficient (Wildman–Crippen LogP) is 2.50. The van der Waals surface area contributed by atoms with Crippen molar-refractivity contribution in [3.63, 3.8) is 0 Å². The highest BCUT2D eigenvalue weighted by atomic mass is 16.1. The lowest BCUT2D eigenvalue weighted by Crippen LogP contribution is -2.44. The number of carbonyl (C=O) groups excluding carboxylic acids is 1. The Labute approximate surface area is 160 Å². The van der Waals surface area contributed by atoms with Crippen LogP contribution in [0.3, 0.4) is 0 Å². The molecule has 144 valence electrons. The van der Waals surface area contributed by atoms with E-state index in [1.54, 1.807) is 6.07 Å². The van der Waals surface area contributed by atoms with Gasteiger partial charge in [-0.25, -0.2) is 9.97 Å². The van der Waals surface area contributed by atoms with Gasteiger partial charge in [-0.05, 0) is 44.7 Å². The second-order valence-corrected chi connectivity index (χ2v) is 7.03. The van der Waals surface area contributed by atoms with Gasteiger partial charge >= 0.3 is 0 Å². The summed E-state index contributed by atoms with van der Waals surface area (Å²) in [6, 6.07) is 10.1. The summed E-state index contributed by atoms with van der Waals surface area (Å²) in [5, 5.41) is 6.16. The molecule has 1 amide bonds. The minimum absolute atomic E-state index is 0.117. The van der Waals surface area contributed by atoms with Crippen LogP contribution in [0.4, 0.5) is 17.2 Å². The number of benzene rings is 1. The zero-order valence-electron chi connectivity index (χ0n) is 16.3. The molecular weight excluding hydrogens is 340 g/mol. The Kier molecular flexibility index (Phi) is 6.24. The third kappa shape index (κ3) is 5.17. The van der Waals surface area contributed by atoms with Gasteiger partial charge in [0.2, 0.25) is 0 Å². The van der Waals surface area contributed by atoms with Gasteiger partial charge in [0.25, 0.3) is 5.91 Å². The zero-order valence-corrected chi connectivity index (χ0v) is 16.3. The number of nitrogens with one attached hydrogen (secondary N) is 2. The Hall–Kier alpha value is -2.67. The topological polar surface area (TPSA) is 73.4 Å². The second-order valence-electron chi connectivity index (χ2n) is 7.03. The molecule has 3 rings (SSSR count). The largest absolute Gasteiger partial charge is 0.369 e. The van der Waals surface area contributed by atoms with Crippen LogP contribution in [0.1, 0.15) is 30.8 Å². The number of hydrogen-bond donors (Lipinski definition) is 2. The van der Waals surface area contributed by atoms with Crippen molar-refractivity contribution in [3.8, 4) is 0 Å². The minimum atomic E-state index is -0.180. The van der Waals surface area contributed by atoms with Gasteiger partial charge in [-0.15, -0.1) is 0 Å². The highest BCUT2D eigenvalue weighted by Crippen LogP contribution is 2.21. The van der Waals surface area contributed by atoms with Crippen LogP contribution in [-0.4, -0.2) is 60.0 Å². The van der Waals surface area contributed by atoms with E-state index in [-0.39, 0.29) is 11.9 Å². The van der Waals surface area contributed by atoms with Crippen LogP contribution >= 0.6 is 0 Å². The van der Waals surface area contributed by atoms with Crippen LogP contribution in [0.15, 0.2) is 36.7 Å². The van der Waals surface area contributed by atoms with E-state index in [1.807, 2.05) is 26.0 Å². The van der Waals surface area contributed by atoms with E-state index in [2.05, 4.69) is 49.6 Å². The second kappa shape index (κ2) is 8.81. The fraction of sp³-hybridized carbons (Fsp3) is 0.450. The summed E-state index contributed by atoms with van der Waals surface area (Å²) in [5.41, 5.74) is 2.52. The van der Waals surface area contributed by atoms with Crippen molar-refractivity contribution in [2.24, 2.45) is 0 Å². The van der Waals surface area contributed by atoms with E-state index >= 15 is 0 Å². The van der Waals surface area contributed by atoms with Crippen LogP contribution < -0.4 is 15.5 Å². The molecule has 1 aromatic carbocycles. The Balaban J connectivity index is 1.63. The lowest BCUT2D eigenvalue weighted by atomic mass is 10.2. The van der Waals surface area contributed by atoms with Crippen molar-refractivity contribution >= 4 is 23.1 Å². The van der Waals surface area contributed by atoms with Gasteiger partial charge < -0.3 is 20.4 Å². The molecule has 0 saturated carbocycles. The maximum absolute atomic E-state index is 12.2. The summed E-state index contributed by atoms with van der Waals surface area (Å²) in [5.74, 6) is 0.423. The molecule has 1 aliphatic rings. The molecule has 0 bridgehead atoms. The Morgan fingerprint density at radius 3 is 2.52 bits per heavy atom. The summed E-state index contributed by atoms with van der Waals surface area (Å²) < 4.78 is 0. The van der Waals surface area contributed by atoms with E-state index < -0.39 is 0 Å². The van der Waals surface area contributed by atoms with Crippen molar-refractivity contribution in [1.82, 2.24) is 20.2 Å². The molecule has 27 heavy (non-hydrogen) atoms. The molecule has 1 saturated heterocycles. The van der Waals surface area contributed by atoms with Crippen LogP contribution in [0.5, 0.6) is 0 Å². The quantitative estimate of drug-likeness (QED) is 0.816. The molecule has 7 nitrogen and oxygen atoms in total. The first-order chi connectivity index (χ1) is 13.0. The third-order valence-corrected chi connectivity index (χ3v) is 4.90. The van der Waals surface area contributed by atoms with Crippen molar-refractivity contribution < 1.29 is 4.79 Å². The fourth-order valence-corrected chi connectivity index (χ4v) is 2.92. The van der Waals surface area contributed by atoms with Crippen molar-refractivity contribution in [3.05, 3.63) is 42.4 Å². The lowest BCUT2D eigenvalue weighted by Gasteiger charge is -2.34. The first-order valence-electron chi connectivity index (χ1n) is 9.48. The summed E-state index contributed by atoms with van der Waals surface area (Å²) in [7, 11) is 2.16. The molecule has 0 spiro atoms. The number of anilines is 3. The van der Waals surface area contributed by atoms with Crippen molar-refractivity contribution in [2.75, 3.05) is 43.4 Å². The molecule has 2 aromatic rings. The molecule has 2 N–H and O–H groups in total. The highest BCUT2D eigenvalue weighted by Gasteiger charge is 2.14. The molecule has 0 aliphatic carbocycles. The minimum Gasteiger partial charge on any atom is -0.369 e. The Morgan fingerprint density at radius 1 is 1.15 bits per heavy atom. The molecule has 7 heteroatoms. The van der Waals surface area contributed by atoms with Gasteiger partial charge in [-0.3, -0.25) is 4.79 Å². The standard InChI is InChI=1S/C20H28N6O/c1-4-15(2)23-20(27)18-13-19(22-14-21-18)24-16-5-7-17(8-6-16)26-11-9-25(3)10-12-26/h5-8,13-15H,4,9-12H2,1-3H3,(H,23,27)(H,21,22,24). The monoisotopic (exact) mass is 368 g/mol. The average molecular weight is 368 g/mol. The average Bonchev–Trinajstić information content (AvgIpc) is 2.69. The number of piperazine rings is 1. The Morgan fingerprint density at radius 2 is 1.85 bits per heavy atom. The Bertz CT molecular complexity index is 755. The molecule has 2 heterocycles. The van der Waals surface area contributed by atoms with Crippen molar-refractivity contribution in [1.29, 1.82) is 0 Å². The summed E-state index contributed by atoms with van der Waals surface area (Å²) in [6.45, 7) is 8.27. The molecular formula is C20H28N6O. The zero-order chi connectivity index (χ0) is 19.2. The SMILES string of the molecule is CCC(C)NC(=O)c1cc(Nc2ccc(N3CCN(C)CC3)cc2)ncn1. The first-order valence-corrected chi connectivity index (χ1v) is 9.48. The summed E-state index contributed by atoms with van der Waals surface area (Å²) in [4.78, 5) is 25.3. The van der Waals surface area contributed by atoms with Gasteiger partial charge in [0.05, 0.1) is 0 Å². The van der Waals surface area contributed by atoms with Crippen LogP contribution in [-0.2, 0) is 0 Å². The summed E-state index contributed by atoms with van der Waals surface area (Å²) in [6.07, 6.45) is 2.29. The molecule has 0 radical (unpaired) electrons.